The van der Waals surface area contributed by atoms with E-state index in [0.29, 0.717) is 0 Å². The molecule has 0 saturated heterocycles. The van der Waals surface area contributed by atoms with Crippen molar-refractivity contribution in [3.63, 3.8) is 0 Å². The summed E-state index contributed by atoms with van der Waals surface area (Å²) in [4.78, 5) is 18.1. The molecule has 5 aromatic rings. The number of nitrogens with zero attached hydrogens (tertiary/aromatic N) is 4. The van der Waals surface area contributed by atoms with E-state index < -0.39 is 0 Å². The Balaban J connectivity index is 1.41. The zero-order chi connectivity index (χ0) is 22.1. The van der Waals surface area contributed by atoms with E-state index in [1.54, 1.807) is 11.3 Å². The van der Waals surface area contributed by atoms with E-state index in [4.69, 9.17) is 0 Å². The zero-order valence-electron chi connectivity index (χ0n) is 18.2. The van der Waals surface area contributed by atoms with Crippen molar-refractivity contribution in [2.75, 3.05) is 5.32 Å². The average molecular weight is 438 g/mol. The standard InChI is InChI=1S/C26H23N5S/c1-16-7-8-22(14-27-16)20-6-4-5-19(11-20)17(2)29-26-13-24(30-18(3)31-26)21-9-10-23-25(12-21)32-15-28-23/h4-15,17H,1-3H3,(H,29,30,31). The van der Waals surface area contributed by atoms with E-state index >= 15 is 0 Å². The lowest BCUT2D eigenvalue weighted by atomic mass is 10.0. The Bertz CT molecular complexity index is 1390. The molecule has 1 unspecified atom stereocenters. The van der Waals surface area contributed by atoms with Gasteiger partial charge in [0.1, 0.15) is 11.6 Å². The number of fused-ring (bicyclic) bond motifs is 1. The fourth-order valence-electron chi connectivity index (χ4n) is 3.74. The van der Waals surface area contributed by atoms with Gasteiger partial charge in [0, 0.05) is 35.1 Å². The Hall–Kier alpha value is -3.64. The third kappa shape index (κ3) is 4.22. The van der Waals surface area contributed by atoms with E-state index in [9.17, 15) is 0 Å². The number of aromatic nitrogens is 4. The molecule has 5 rings (SSSR count). The van der Waals surface area contributed by atoms with E-state index in [1.807, 2.05) is 43.8 Å². The first-order valence-electron chi connectivity index (χ1n) is 10.5. The maximum absolute atomic E-state index is 4.66. The summed E-state index contributed by atoms with van der Waals surface area (Å²) in [5.74, 6) is 1.55. The Kier molecular flexibility index (Phi) is 5.37. The van der Waals surface area contributed by atoms with Crippen LogP contribution in [0.5, 0.6) is 0 Å². The lowest BCUT2D eigenvalue weighted by molar-refractivity contribution is 0.868. The van der Waals surface area contributed by atoms with Crippen LogP contribution in [-0.4, -0.2) is 19.9 Å². The van der Waals surface area contributed by atoms with E-state index in [0.717, 1.165) is 49.9 Å². The van der Waals surface area contributed by atoms with Gasteiger partial charge in [-0.3, -0.25) is 4.98 Å². The maximum Gasteiger partial charge on any atom is 0.130 e. The van der Waals surface area contributed by atoms with Crippen LogP contribution in [0.4, 0.5) is 5.82 Å². The highest BCUT2D eigenvalue weighted by Gasteiger charge is 2.11. The molecular formula is C26H23N5S. The molecule has 0 saturated carbocycles. The van der Waals surface area contributed by atoms with Gasteiger partial charge in [-0.15, -0.1) is 11.3 Å². The van der Waals surface area contributed by atoms with Gasteiger partial charge in [0.15, 0.2) is 0 Å². The first kappa shape index (κ1) is 20.3. The predicted octanol–water partition coefficient (Wildman–Crippen LogP) is 6.61. The monoisotopic (exact) mass is 437 g/mol. The molecule has 1 N–H and O–H groups in total. The summed E-state index contributed by atoms with van der Waals surface area (Å²) in [6, 6.07) is 21.0. The summed E-state index contributed by atoms with van der Waals surface area (Å²) in [5.41, 5.74) is 9.33. The van der Waals surface area contributed by atoms with Crippen LogP contribution in [0, 0.1) is 13.8 Å². The number of anilines is 1. The molecular weight excluding hydrogens is 414 g/mol. The molecule has 2 aromatic carbocycles. The molecule has 0 radical (unpaired) electrons. The number of rotatable bonds is 5. The molecule has 6 heteroatoms. The van der Waals surface area contributed by atoms with Crippen LogP contribution in [0.2, 0.25) is 0 Å². The molecule has 1 atom stereocenters. The summed E-state index contributed by atoms with van der Waals surface area (Å²) in [6.45, 7) is 6.07. The van der Waals surface area contributed by atoms with E-state index in [1.165, 1.54) is 5.56 Å². The molecule has 32 heavy (non-hydrogen) atoms. The largest absolute Gasteiger partial charge is 0.363 e. The normalized spacial score (nSPS) is 12.1. The average Bonchev–Trinajstić information content (AvgIpc) is 3.27. The van der Waals surface area contributed by atoms with Crippen molar-refractivity contribution in [2.24, 2.45) is 0 Å². The predicted molar refractivity (Wildman–Crippen MR) is 132 cm³/mol. The number of benzene rings is 2. The van der Waals surface area contributed by atoms with Crippen molar-refractivity contribution in [1.82, 2.24) is 19.9 Å². The van der Waals surface area contributed by atoms with Crippen LogP contribution < -0.4 is 5.32 Å². The smallest absolute Gasteiger partial charge is 0.130 e. The summed E-state index contributed by atoms with van der Waals surface area (Å²) < 4.78 is 1.16. The molecule has 158 valence electrons. The molecule has 5 nitrogen and oxygen atoms in total. The van der Waals surface area contributed by atoms with Gasteiger partial charge in [0.2, 0.25) is 0 Å². The first-order chi connectivity index (χ1) is 15.5. The number of aryl methyl sites for hydroxylation is 2. The minimum absolute atomic E-state index is 0.0829. The van der Waals surface area contributed by atoms with Crippen molar-refractivity contribution >= 4 is 27.4 Å². The third-order valence-corrected chi connectivity index (χ3v) is 6.25. The second-order valence-electron chi connectivity index (χ2n) is 7.90. The molecule has 0 spiro atoms. The van der Waals surface area contributed by atoms with Gasteiger partial charge in [-0.1, -0.05) is 30.3 Å². The van der Waals surface area contributed by atoms with Crippen molar-refractivity contribution in [3.8, 4) is 22.4 Å². The van der Waals surface area contributed by atoms with Crippen LogP contribution in [0.25, 0.3) is 32.6 Å². The van der Waals surface area contributed by atoms with Crippen molar-refractivity contribution < 1.29 is 0 Å². The van der Waals surface area contributed by atoms with Crippen LogP contribution >= 0.6 is 11.3 Å². The van der Waals surface area contributed by atoms with Gasteiger partial charge in [-0.2, -0.15) is 0 Å². The first-order valence-corrected chi connectivity index (χ1v) is 11.4. The molecule has 0 aliphatic carbocycles. The number of hydrogen-bond donors (Lipinski definition) is 1. The van der Waals surface area contributed by atoms with Gasteiger partial charge in [0.25, 0.3) is 0 Å². The van der Waals surface area contributed by atoms with Crippen LogP contribution in [-0.2, 0) is 0 Å². The minimum atomic E-state index is 0.0829. The van der Waals surface area contributed by atoms with Crippen molar-refractivity contribution in [3.05, 3.63) is 89.5 Å². The summed E-state index contributed by atoms with van der Waals surface area (Å²) >= 11 is 1.64. The van der Waals surface area contributed by atoms with Gasteiger partial charge in [-0.25, -0.2) is 15.0 Å². The van der Waals surface area contributed by atoms with E-state index in [2.05, 4.69) is 74.6 Å². The highest BCUT2D eigenvalue weighted by molar-refractivity contribution is 7.16. The second kappa shape index (κ2) is 8.48. The lowest BCUT2D eigenvalue weighted by Crippen LogP contribution is -2.09. The quantitative estimate of drug-likeness (QED) is 0.335. The van der Waals surface area contributed by atoms with Gasteiger partial charge < -0.3 is 5.32 Å². The zero-order valence-corrected chi connectivity index (χ0v) is 19.0. The molecule has 0 fully saturated rings. The Morgan fingerprint density at radius 2 is 1.72 bits per heavy atom. The molecule has 0 amide bonds. The number of hydrogen-bond acceptors (Lipinski definition) is 6. The summed E-state index contributed by atoms with van der Waals surface area (Å²) in [5, 5.41) is 3.55. The summed E-state index contributed by atoms with van der Waals surface area (Å²) in [7, 11) is 0. The minimum Gasteiger partial charge on any atom is -0.363 e. The Labute approximate surface area is 191 Å². The number of nitrogens with one attached hydrogen (secondary N) is 1. The highest BCUT2D eigenvalue weighted by Crippen LogP contribution is 2.28. The Morgan fingerprint density at radius 3 is 2.56 bits per heavy atom. The molecule has 0 aliphatic heterocycles. The van der Waals surface area contributed by atoms with Crippen LogP contribution in [0.1, 0.15) is 30.0 Å². The lowest BCUT2D eigenvalue weighted by Gasteiger charge is -2.17. The van der Waals surface area contributed by atoms with Gasteiger partial charge >= 0.3 is 0 Å². The topological polar surface area (TPSA) is 63.6 Å². The fraction of sp³-hybridized carbons (Fsp3) is 0.154. The van der Waals surface area contributed by atoms with Crippen LogP contribution in [0.15, 0.2) is 72.4 Å². The van der Waals surface area contributed by atoms with Crippen molar-refractivity contribution in [2.45, 2.75) is 26.8 Å². The number of pyridine rings is 1. The summed E-state index contributed by atoms with van der Waals surface area (Å²) in [6.07, 6.45) is 1.92. The Morgan fingerprint density at radius 1 is 0.844 bits per heavy atom. The molecule has 3 aromatic heterocycles. The SMILES string of the molecule is Cc1ccc(-c2cccc(C(C)Nc3cc(-c4ccc5ncsc5c4)nc(C)n3)c2)cn1. The molecule has 3 heterocycles. The van der Waals surface area contributed by atoms with Crippen LogP contribution in [0.3, 0.4) is 0 Å². The molecule has 0 aliphatic rings. The fourth-order valence-corrected chi connectivity index (χ4v) is 4.45. The maximum atomic E-state index is 4.66. The van der Waals surface area contributed by atoms with E-state index in [-0.39, 0.29) is 6.04 Å². The van der Waals surface area contributed by atoms with Gasteiger partial charge in [0.05, 0.1) is 21.4 Å². The second-order valence-corrected chi connectivity index (χ2v) is 8.79. The van der Waals surface area contributed by atoms with Gasteiger partial charge in [-0.05, 0) is 56.2 Å². The number of thiazole rings is 1. The molecule has 0 bridgehead atoms. The highest BCUT2D eigenvalue weighted by atomic mass is 32.1. The van der Waals surface area contributed by atoms with Crippen molar-refractivity contribution in [1.29, 1.82) is 0 Å². The third-order valence-electron chi connectivity index (χ3n) is 5.46.